The first kappa shape index (κ1) is 11.4. The SMILES string of the molecule is CCCN(CC(=O)O)c1ccc(F)cn1. The molecule has 0 saturated heterocycles. The molecule has 1 N–H and O–H groups in total. The number of hydrogen-bond acceptors (Lipinski definition) is 3. The molecule has 82 valence electrons. The van der Waals surface area contributed by atoms with Crippen molar-refractivity contribution < 1.29 is 14.3 Å². The second kappa shape index (κ2) is 5.29. The minimum Gasteiger partial charge on any atom is -0.480 e. The minimum atomic E-state index is -0.922. The Labute approximate surface area is 87.4 Å². The van der Waals surface area contributed by atoms with Gasteiger partial charge in [-0.25, -0.2) is 9.37 Å². The molecule has 0 amide bonds. The van der Waals surface area contributed by atoms with Crippen molar-refractivity contribution in [3.05, 3.63) is 24.1 Å². The van der Waals surface area contributed by atoms with Gasteiger partial charge >= 0.3 is 5.97 Å². The number of carboxylic acids is 1. The molecule has 0 fully saturated rings. The Hall–Kier alpha value is -1.65. The van der Waals surface area contributed by atoms with Crippen LogP contribution in [0.5, 0.6) is 0 Å². The minimum absolute atomic E-state index is 0.119. The van der Waals surface area contributed by atoms with Gasteiger partial charge in [0.2, 0.25) is 0 Å². The quantitative estimate of drug-likeness (QED) is 0.804. The summed E-state index contributed by atoms with van der Waals surface area (Å²) in [6.07, 6.45) is 1.90. The van der Waals surface area contributed by atoms with Crippen molar-refractivity contribution in [1.29, 1.82) is 0 Å². The van der Waals surface area contributed by atoms with E-state index in [4.69, 9.17) is 5.11 Å². The lowest BCUT2D eigenvalue weighted by Gasteiger charge is -2.20. The molecule has 0 radical (unpaired) electrons. The molecule has 0 aliphatic rings. The third-order valence-corrected chi connectivity index (χ3v) is 1.86. The second-order valence-corrected chi connectivity index (χ2v) is 3.15. The number of halogens is 1. The van der Waals surface area contributed by atoms with Crippen LogP contribution in [-0.4, -0.2) is 29.1 Å². The van der Waals surface area contributed by atoms with Crippen molar-refractivity contribution in [1.82, 2.24) is 4.98 Å². The highest BCUT2D eigenvalue weighted by Crippen LogP contribution is 2.10. The van der Waals surface area contributed by atoms with E-state index in [1.807, 2.05) is 6.92 Å². The Bertz CT molecular complexity index is 327. The molecule has 0 bridgehead atoms. The van der Waals surface area contributed by atoms with E-state index in [0.29, 0.717) is 12.4 Å². The number of anilines is 1. The molecule has 4 nitrogen and oxygen atoms in total. The number of aromatic nitrogens is 1. The predicted molar refractivity (Wildman–Crippen MR) is 54.3 cm³/mol. The highest BCUT2D eigenvalue weighted by atomic mass is 19.1. The molecular weight excluding hydrogens is 199 g/mol. The fourth-order valence-corrected chi connectivity index (χ4v) is 1.26. The zero-order chi connectivity index (χ0) is 11.3. The average molecular weight is 212 g/mol. The fraction of sp³-hybridized carbons (Fsp3) is 0.400. The smallest absolute Gasteiger partial charge is 0.323 e. The number of carbonyl (C=O) groups is 1. The first-order valence-corrected chi connectivity index (χ1v) is 4.71. The normalized spacial score (nSPS) is 10.0. The summed E-state index contributed by atoms with van der Waals surface area (Å²) in [4.78, 5) is 16.0. The lowest BCUT2D eigenvalue weighted by Crippen LogP contribution is -2.31. The van der Waals surface area contributed by atoms with Crippen LogP contribution < -0.4 is 4.90 Å². The molecule has 5 heteroatoms. The van der Waals surface area contributed by atoms with Crippen molar-refractivity contribution in [3.63, 3.8) is 0 Å². The number of rotatable bonds is 5. The van der Waals surface area contributed by atoms with Crippen LogP contribution in [0.15, 0.2) is 18.3 Å². The van der Waals surface area contributed by atoms with E-state index in [0.717, 1.165) is 12.6 Å². The second-order valence-electron chi connectivity index (χ2n) is 3.15. The summed E-state index contributed by atoms with van der Waals surface area (Å²) in [5.41, 5.74) is 0. The molecule has 1 heterocycles. The maximum Gasteiger partial charge on any atom is 0.323 e. The first-order valence-electron chi connectivity index (χ1n) is 4.71. The highest BCUT2D eigenvalue weighted by Gasteiger charge is 2.10. The molecule has 0 spiro atoms. The maximum absolute atomic E-state index is 12.6. The van der Waals surface area contributed by atoms with Crippen LogP contribution in [0, 0.1) is 5.82 Å². The van der Waals surface area contributed by atoms with Crippen molar-refractivity contribution in [2.24, 2.45) is 0 Å². The van der Waals surface area contributed by atoms with Gasteiger partial charge in [-0.15, -0.1) is 0 Å². The Morgan fingerprint density at radius 2 is 2.33 bits per heavy atom. The number of nitrogens with zero attached hydrogens (tertiary/aromatic N) is 2. The van der Waals surface area contributed by atoms with Gasteiger partial charge in [0.25, 0.3) is 0 Å². The maximum atomic E-state index is 12.6. The summed E-state index contributed by atoms with van der Waals surface area (Å²) >= 11 is 0. The third kappa shape index (κ3) is 3.53. The van der Waals surface area contributed by atoms with E-state index in [2.05, 4.69) is 4.98 Å². The summed E-state index contributed by atoms with van der Waals surface area (Å²) in [7, 11) is 0. The number of pyridine rings is 1. The molecule has 0 aliphatic carbocycles. The van der Waals surface area contributed by atoms with Crippen LogP contribution >= 0.6 is 0 Å². The van der Waals surface area contributed by atoms with Crippen molar-refractivity contribution >= 4 is 11.8 Å². The van der Waals surface area contributed by atoms with Gasteiger partial charge in [0.15, 0.2) is 0 Å². The van der Waals surface area contributed by atoms with Crippen LogP contribution in [0.2, 0.25) is 0 Å². The predicted octanol–water partition coefficient (Wildman–Crippen LogP) is 1.52. The van der Waals surface area contributed by atoms with E-state index in [1.165, 1.54) is 12.1 Å². The molecule has 0 unspecified atom stereocenters. The van der Waals surface area contributed by atoms with Gasteiger partial charge in [-0.05, 0) is 18.6 Å². The van der Waals surface area contributed by atoms with Crippen LogP contribution in [0.4, 0.5) is 10.2 Å². The molecule has 0 atom stereocenters. The third-order valence-electron chi connectivity index (χ3n) is 1.86. The Morgan fingerprint density at radius 1 is 1.60 bits per heavy atom. The molecule has 0 aliphatic heterocycles. The largest absolute Gasteiger partial charge is 0.480 e. The molecule has 0 saturated carbocycles. The van der Waals surface area contributed by atoms with Gasteiger partial charge in [0.1, 0.15) is 18.2 Å². The molecule has 15 heavy (non-hydrogen) atoms. The van der Waals surface area contributed by atoms with Crippen molar-refractivity contribution in [2.75, 3.05) is 18.0 Å². The van der Waals surface area contributed by atoms with Gasteiger partial charge in [-0.3, -0.25) is 4.79 Å². The highest BCUT2D eigenvalue weighted by molar-refractivity contribution is 5.73. The summed E-state index contributed by atoms with van der Waals surface area (Å²) in [6.45, 7) is 2.41. The lowest BCUT2D eigenvalue weighted by atomic mass is 10.3. The summed E-state index contributed by atoms with van der Waals surface area (Å²) in [6, 6.07) is 2.75. The average Bonchev–Trinajstić information content (AvgIpc) is 2.17. The molecule has 1 aromatic heterocycles. The van der Waals surface area contributed by atoms with E-state index < -0.39 is 11.8 Å². The first-order chi connectivity index (χ1) is 7.13. The number of hydrogen-bond donors (Lipinski definition) is 1. The van der Waals surface area contributed by atoms with E-state index >= 15 is 0 Å². The van der Waals surface area contributed by atoms with Crippen LogP contribution in [-0.2, 0) is 4.79 Å². The zero-order valence-electron chi connectivity index (χ0n) is 8.48. The van der Waals surface area contributed by atoms with Gasteiger partial charge in [-0.2, -0.15) is 0 Å². The Balaban J connectivity index is 2.78. The van der Waals surface area contributed by atoms with Crippen LogP contribution in [0.3, 0.4) is 0 Å². The van der Waals surface area contributed by atoms with E-state index in [-0.39, 0.29) is 6.54 Å². The lowest BCUT2D eigenvalue weighted by molar-refractivity contribution is -0.135. The Kier molecular flexibility index (Phi) is 4.03. The summed E-state index contributed by atoms with van der Waals surface area (Å²) < 4.78 is 12.6. The monoisotopic (exact) mass is 212 g/mol. The molecule has 1 aromatic rings. The molecular formula is C10H13FN2O2. The van der Waals surface area contributed by atoms with Crippen molar-refractivity contribution in [2.45, 2.75) is 13.3 Å². The van der Waals surface area contributed by atoms with Gasteiger partial charge in [0, 0.05) is 6.54 Å². The van der Waals surface area contributed by atoms with Gasteiger partial charge < -0.3 is 10.0 Å². The van der Waals surface area contributed by atoms with Crippen molar-refractivity contribution in [3.8, 4) is 0 Å². The fourth-order valence-electron chi connectivity index (χ4n) is 1.26. The topological polar surface area (TPSA) is 53.4 Å². The van der Waals surface area contributed by atoms with E-state index in [1.54, 1.807) is 4.90 Å². The van der Waals surface area contributed by atoms with E-state index in [9.17, 15) is 9.18 Å². The summed E-state index contributed by atoms with van der Waals surface area (Å²) in [5.74, 6) is -0.860. The number of aliphatic carboxylic acids is 1. The van der Waals surface area contributed by atoms with Gasteiger partial charge in [-0.1, -0.05) is 6.92 Å². The van der Waals surface area contributed by atoms with Crippen LogP contribution in [0.1, 0.15) is 13.3 Å². The summed E-state index contributed by atoms with van der Waals surface area (Å²) in [5, 5.41) is 8.68. The molecule has 0 aromatic carbocycles. The Morgan fingerprint density at radius 3 is 2.80 bits per heavy atom. The van der Waals surface area contributed by atoms with Gasteiger partial charge in [0.05, 0.1) is 6.20 Å². The molecule has 1 rings (SSSR count). The zero-order valence-corrected chi connectivity index (χ0v) is 8.48. The standard InChI is InChI=1S/C10H13FN2O2/c1-2-5-13(7-10(14)15)9-4-3-8(11)6-12-9/h3-4,6H,2,5,7H2,1H3,(H,14,15). The number of carboxylic acid groups (broad SMARTS) is 1. The van der Waals surface area contributed by atoms with Crippen LogP contribution in [0.25, 0.3) is 0 Å².